The van der Waals surface area contributed by atoms with Crippen molar-refractivity contribution in [2.24, 2.45) is 40.4 Å². The molecular formula is C24H41OP. The summed E-state index contributed by atoms with van der Waals surface area (Å²) >= 11 is 0. The van der Waals surface area contributed by atoms with Crippen molar-refractivity contribution in [3.05, 3.63) is 11.6 Å². The van der Waals surface area contributed by atoms with Crippen LogP contribution in [0.2, 0.25) is 0 Å². The second kappa shape index (κ2) is 7.18. The Morgan fingerprint density at radius 1 is 1.19 bits per heavy atom. The average Bonchev–Trinajstić information content (AvgIpc) is 2.98. The Hall–Kier alpha value is 0.130. The number of hydrogen-bond acceptors (Lipinski definition) is 1. The zero-order valence-corrected chi connectivity index (χ0v) is 18.8. The van der Waals surface area contributed by atoms with E-state index in [9.17, 15) is 0 Å². The third-order valence-electron chi connectivity index (χ3n) is 9.67. The molecular weight excluding hydrogens is 335 g/mol. The van der Waals surface area contributed by atoms with Gasteiger partial charge >= 0.3 is 0 Å². The lowest BCUT2D eigenvalue weighted by Crippen LogP contribution is -2.48. The minimum absolute atomic E-state index is 0.469. The fraction of sp³-hybridized carbons (Fsp3) is 0.917. The smallest absolute Gasteiger partial charge is 0.0614 e. The van der Waals surface area contributed by atoms with E-state index < -0.39 is 0 Å². The zero-order valence-electron chi connectivity index (χ0n) is 17.6. The molecule has 3 saturated carbocycles. The van der Waals surface area contributed by atoms with Gasteiger partial charge in [0.05, 0.1) is 6.10 Å². The fourth-order valence-electron chi connectivity index (χ4n) is 8.24. The van der Waals surface area contributed by atoms with E-state index in [1.807, 2.05) is 5.57 Å². The Morgan fingerprint density at radius 3 is 2.73 bits per heavy atom. The van der Waals surface area contributed by atoms with Crippen LogP contribution in [0, 0.1) is 40.4 Å². The third kappa shape index (κ3) is 2.86. The molecule has 0 saturated heterocycles. The van der Waals surface area contributed by atoms with Crippen molar-refractivity contribution in [3.8, 4) is 0 Å². The standard InChI is InChI=1S/C24H41OP/c1-5-6-16(2)20-9-10-21-19-8-7-17-15-18(25-26)11-13-23(17,3)22(19)12-14-24(20,21)4/h12,16-21H,5-11,13-15,26H2,1-4H3/t16-,17-,18-,19+,20-,21+,23+,24-/m1/s1. The van der Waals surface area contributed by atoms with Crippen molar-refractivity contribution >= 4 is 9.47 Å². The van der Waals surface area contributed by atoms with Crippen LogP contribution in [0.25, 0.3) is 0 Å². The molecule has 9 atom stereocenters. The van der Waals surface area contributed by atoms with Crippen molar-refractivity contribution < 1.29 is 4.52 Å². The molecule has 0 N–H and O–H groups in total. The second-order valence-electron chi connectivity index (χ2n) is 10.8. The minimum Gasteiger partial charge on any atom is -0.362 e. The van der Waals surface area contributed by atoms with Gasteiger partial charge in [-0.25, -0.2) is 0 Å². The van der Waals surface area contributed by atoms with Gasteiger partial charge in [-0.3, -0.25) is 0 Å². The first kappa shape index (κ1) is 19.4. The molecule has 0 aromatic carbocycles. The van der Waals surface area contributed by atoms with Crippen LogP contribution >= 0.6 is 9.47 Å². The Labute approximate surface area is 164 Å². The largest absolute Gasteiger partial charge is 0.362 e. The highest BCUT2D eigenvalue weighted by molar-refractivity contribution is 7.09. The summed E-state index contributed by atoms with van der Waals surface area (Å²) in [6.45, 7) is 10.2. The number of fused-ring (bicyclic) bond motifs is 5. The fourth-order valence-corrected chi connectivity index (χ4v) is 8.49. The lowest BCUT2D eigenvalue weighted by Gasteiger charge is -2.57. The van der Waals surface area contributed by atoms with E-state index >= 15 is 0 Å². The maximum Gasteiger partial charge on any atom is 0.0614 e. The molecule has 4 aliphatic carbocycles. The SMILES string of the molecule is CCC[C@@H](C)[C@H]1CC[C@H]2[C@@H]3CC[C@@H]4C[C@H](OP)CC[C@]4(C)C3=CC[C@]12C. The molecule has 0 radical (unpaired) electrons. The van der Waals surface area contributed by atoms with Crippen molar-refractivity contribution in [1.82, 2.24) is 0 Å². The zero-order chi connectivity index (χ0) is 18.5. The molecule has 1 unspecified atom stereocenters. The monoisotopic (exact) mass is 376 g/mol. The van der Waals surface area contributed by atoms with Gasteiger partial charge in [-0.2, -0.15) is 0 Å². The molecule has 0 aromatic rings. The van der Waals surface area contributed by atoms with Gasteiger partial charge in [0.15, 0.2) is 0 Å². The van der Waals surface area contributed by atoms with Crippen LogP contribution < -0.4 is 0 Å². The summed E-state index contributed by atoms with van der Waals surface area (Å²) < 4.78 is 5.67. The molecule has 26 heavy (non-hydrogen) atoms. The first-order chi connectivity index (χ1) is 12.4. The topological polar surface area (TPSA) is 9.23 Å². The van der Waals surface area contributed by atoms with Crippen molar-refractivity contribution in [2.45, 2.75) is 98.0 Å². The normalized spacial score (nSPS) is 49.0. The number of hydrogen-bond donors (Lipinski definition) is 0. The Kier molecular flexibility index (Phi) is 5.37. The van der Waals surface area contributed by atoms with E-state index in [1.54, 1.807) is 0 Å². The Bertz CT molecular complexity index is 556. The van der Waals surface area contributed by atoms with Gasteiger partial charge < -0.3 is 4.52 Å². The number of rotatable bonds is 4. The van der Waals surface area contributed by atoms with E-state index in [0.717, 1.165) is 29.6 Å². The van der Waals surface area contributed by atoms with Crippen molar-refractivity contribution in [1.29, 1.82) is 0 Å². The van der Waals surface area contributed by atoms with Gasteiger partial charge in [0.2, 0.25) is 0 Å². The molecule has 0 spiro atoms. The van der Waals surface area contributed by atoms with Crippen LogP contribution in [0.15, 0.2) is 11.6 Å². The molecule has 4 rings (SSSR count). The van der Waals surface area contributed by atoms with Crippen LogP contribution in [-0.4, -0.2) is 6.10 Å². The van der Waals surface area contributed by atoms with E-state index in [0.29, 0.717) is 16.9 Å². The highest BCUT2D eigenvalue weighted by Crippen LogP contribution is 2.66. The molecule has 1 nitrogen and oxygen atoms in total. The number of allylic oxidation sites excluding steroid dienone is 2. The van der Waals surface area contributed by atoms with Crippen LogP contribution in [0.1, 0.15) is 91.9 Å². The maximum atomic E-state index is 5.67. The highest BCUT2D eigenvalue weighted by Gasteiger charge is 2.57. The van der Waals surface area contributed by atoms with Gasteiger partial charge in [-0.05, 0) is 91.8 Å². The summed E-state index contributed by atoms with van der Waals surface area (Å²) in [5.41, 5.74) is 2.94. The first-order valence-electron chi connectivity index (χ1n) is 11.5. The van der Waals surface area contributed by atoms with Gasteiger partial charge in [0, 0.05) is 9.47 Å². The minimum atomic E-state index is 0.469. The lowest BCUT2D eigenvalue weighted by molar-refractivity contribution is -0.00512. The Morgan fingerprint density at radius 2 is 2.00 bits per heavy atom. The molecule has 0 amide bonds. The molecule has 4 aliphatic rings. The lowest BCUT2D eigenvalue weighted by atomic mass is 9.48. The van der Waals surface area contributed by atoms with E-state index in [2.05, 4.69) is 43.2 Å². The molecule has 0 heterocycles. The molecule has 148 valence electrons. The van der Waals surface area contributed by atoms with Gasteiger partial charge in [-0.15, -0.1) is 0 Å². The van der Waals surface area contributed by atoms with Crippen LogP contribution in [0.4, 0.5) is 0 Å². The molecule has 0 bridgehead atoms. The van der Waals surface area contributed by atoms with E-state index in [4.69, 9.17) is 4.52 Å². The molecule has 3 fully saturated rings. The van der Waals surface area contributed by atoms with Gasteiger partial charge in [0.25, 0.3) is 0 Å². The van der Waals surface area contributed by atoms with Gasteiger partial charge in [-0.1, -0.05) is 52.2 Å². The summed E-state index contributed by atoms with van der Waals surface area (Å²) in [7, 11) is 2.52. The van der Waals surface area contributed by atoms with Gasteiger partial charge in [0.1, 0.15) is 0 Å². The summed E-state index contributed by atoms with van der Waals surface area (Å²) in [6.07, 6.45) is 17.1. The first-order valence-corrected chi connectivity index (χ1v) is 12.0. The molecule has 0 aromatic heterocycles. The summed E-state index contributed by atoms with van der Waals surface area (Å²) in [5.74, 6) is 4.57. The predicted octanol–water partition coefficient (Wildman–Crippen LogP) is 7.18. The van der Waals surface area contributed by atoms with Crippen molar-refractivity contribution in [2.75, 3.05) is 0 Å². The molecule has 2 heteroatoms. The quantitative estimate of drug-likeness (QED) is 0.373. The summed E-state index contributed by atoms with van der Waals surface area (Å²) in [5, 5.41) is 0. The third-order valence-corrected chi connectivity index (χ3v) is 10.1. The summed E-state index contributed by atoms with van der Waals surface area (Å²) in [6, 6.07) is 0. The molecule has 0 aliphatic heterocycles. The highest BCUT2D eigenvalue weighted by atomic mass is 31.0. The van der Waals surface area contributed by atoms with Crippen molar-refractivity contribution in [3.63, 3.8) is 0 Å². The van der Waals surface area contributed by atoms with Crippen LogP contribution in [0.3, 0.4) is 0 Å². The van der Waals surface area contributed by atoms with E-state index in [-0.39, 0.29) is 0 Å². The maximum absolute atomic E-state index is 5.67. The predicted molar refractivity (Wildman–Crippen MR) is 114 cm³/mol. The summed E-state index contributed by atoms with van der Waals surface area (Å²) in [4.78, 5) is 0. The Balaban J connectivity index is 1.60. The second-order valence-corrected chi connectivity index (χ2v) is 11.0. The average molecular weight is 377 g/mol. The van der Waals surface area contributed by atoms with Crippen LogP contribution in [-0.2, 0) is 4.52 Å². The van der Waals surface area contributed by atoms with E-state index in [1.165, 1.54) is 64.2 Å². The van der Waals surface area contributed by atoms with Crippen LogP contribution in [0.5, 0.6) is 0 Å².